The van der Waals surface area contributed by atoms with Crippen LogP contribution in [0.5, 0.6) is 0 Å². The van der Waals surface area contributed by atoms with E-state index in [4.69, 9.17) is 0 Å². The Bertz CT molecular complexity index is 365. The molecule has 0 saturated carbocycles. The molecule has 0 fully saturated rings. The van der Waals surface area contributed by atoms with E-state index in [1.807, 2.05) is 0 Å². The molecule has 0 bridgehead atoms. The average molecular weight is 248 g/mol. The molecule has 0 unspecified atom stereocenters. The van der Waals surface area contributed by atoms with Crippen LogP contribution in [0.1, 0.15) is 26.7 Å². The maximum absolute atomic E-state index is 2.26. The van der Waals surface area contributed by atoms with E-state index in [2.05, 4.69) is 32.1 Å². The first-order valence-electron chi connectivity index (χ1n) is 4.67. The van der Waals surface area contributed by atoms with Gasteiger partial charge in [-0.25, -0.2) is 0 Å². The summed E-state index contributed by atoms with van der Waals surface area (Å²) in [6.45, 7) is 4.52. The van der Waals surface area contributed by atoms with Gasteiger partial charge in [0, 0.05) is 0 Å². The van der Waals surface area contributed by atoms with E-state index < -0.39 is 0 Å². The molecule has 65 valence electrons. The Balaban J connectivity index is 2.30. The van der Waals surface area contributed by atoms with Crippen molar-refractivity contribution in [2.24, 2.45) is 0 Å². The summed E-state index contributed by atoms with van der Waals surface area (Å²) in [4.78, 5) is 0. The van der Waals surface area contributed by atoms with Gasteiger partial charge in [0.05, 0.1) is 0 Å². The quantitative estimate of drug-likeness (QED) is 0.667. The average Bonchev–Trinajstić information content (AvgIpc) is 2.70. The van der Waals surface area contributed by atoms with Gasteiger partial charge in [0.25, 0.3) is 0 Å². The van der Waals surface area contributed by atoms with E-state index in [0.717, 1.165) is 6.42 Å². The molecule has 0 aromatic carbocycles. The predicted octanol–water partition coefficient (Wildman–Crippen LogP) is 3.41. The summed E-state index contributed by atoms with van der Waals surface area (Å²) < 4.78 is 1.63. The minimum atomic E-state index is 1.14. The zero-order chi connectivity index (χ0) is 9.42. The third-order valence-electron chi connectivity index (χ3n) is 2.98. The third kappa shape index (κ3) is 1.59. The molecule has 0 aromatic heterocycles. The van der Waals surface area contributed by atoms with E-state index in [0.29, 0.717) is 0 Å². The van der Waals surface area contributed by atoms with Crippen LogP contribution in [0, 0.1) is 0 Å². The Labute approximate surface area is 95.0 Å². The molecule has 13 heavy (non-hydrogen) atoms. The van der Waals surface area contributed by atoms with Crippen LogP contribution in [0.4, 0.5) is 0 Å². The van der Waals surface area contributed by atoms with Crippen LogP contribution in [0.25, 0.3) is 0 Å². The number of allylic oxidation sites excluding steroid dienone is 8. The monoisotopic (exact) mass is 247 g/mol. The van der Waals surface area contributed by atoms with Crippen molar-refractivity contribution >= 4 is 0 Å². The van der Waals surface area contributed by atoms with Gasteiger partial charge in [-0.15, -0.1) is 0 Å². The maximum atomic E-state index is 2.26. The van der Waals surface area contributed by atoms with E-state index in [-0.39, 0.29) is 0 Å². The Hall–Kier alpha value is -0.157. The second-order valence-corrected chi connectivity index (χ2v) is 5.19. The first-order valence-corrected chi connectivity index (χ1v) is 5.90. The van der Waals surface area contributed by atoms with Crippen molar-refractivity contribution in [1.29, 1.82) is 0 Å². The van der Waals surface area contributed by atoms with Crippen molar-refractivity contribution in [3.05, 3.63) is 43.8 Å². The molecule has 0 nitrogen and oxygen atoms in total. The van der Waals surface area contributed by atoms with Gasteiger partial charge in [0.15, 0.2) is 0 Å². The van der Waals surface area contributed by atoms with Crippen molar-refractivity contribution in [2.45, 2.75) is 26.7 Å². The summed E-state index contributed by atoms with van der Waals surface area (Å²) in [6, 6.07) is 0. The van der Waals surface area contributed by atoms with Gasteiger partial charge in [-0.3, -0.25) is 0 Å². The van der Waals surface area contributed by atoms with Crippen molar-refractivity contribution in [1.82, 2.24) is 0 Å². The number of hydrogen-bond donors (Lipinski definition) is 0. The zero-order valence-corrected chi connectivity index (χ0v) is 10.6. The van der Waals surface area contributed by atoms with E-state index in [9.17, 15) is 0 Å². The molecule has 0 atom stereocenters. The van der Waals surface area contributed by atoms with Crippen molar-refractivity contribution in [3.63, 3.8) is 0 Å². The molecular formula is C12H13Zr. The van der Waals surface area contributed by atoms with Crippen LogP contribution in [0.3, 0.4) is 0 Å². The zero-order valence-electron chi connectivity index (χ0n) is 8.15. The predicted molar refractivity (Wildman–Crippen MR) is 51.9 cm³/mol. The number of rotatable bonds is 1. The second-order valence-electron chi connectivity index (χ2n) is 3.71. The van der Waals surface area contributed by atoms with Gasteiger partial charge in [-0.05, 0) is 0 Å². The van der Waals surface area contributed by atoms with Crippen molar-refractivity contribution < 1.29 is 24.7 Å². The van der Waals surface area contributed by atoms with Crippen molar-refractivity contribution in [3.8, 4) is 0 Å². The molecule has 2 rings (SSSR count). The second kappa shape index (κ2) is 3.54. The van der Waals surface area contributed by atoms with Crippen LogP contribution in [-0.4, -0.2) is 0 Å². The molecule has 0 aliphatic heterocycles. The number of hydrogen-bond acceptors (Lipinski definition) is 0. The van der Waals surface area contributed by atoms with Gasteiger partial charge < -0.3 is 0 Å². The van der Waals surface area contributed by atoms with Gasteiger partial charge in [-0.1, -0.05) is 0 Å². The van der Waals surface area contributed by atoms with Gasteiger partial charge >= 0.3 is 95.2 Å². The fourth-order valence-electron chi connectivity index (χ4n) is 1.92. The summed E-state index contributed by atoms with van der Waals surface area (Å²) in [5, 5.41) is 0. The van der Waals surface area contributed by atoms with Gasteiger partial charge in [0.2, 0.25) is 0 Å². The molecule has 0 amide bonds. The van der Waals surface area contributed by atoms with E-state index >= 15 is 0 Å². The molecule has 0 spiro atoms. The fourth-order valence-corrected chi connectivity index (χ4v) is 2.82. The first kappa shape index (κ1) is 9.40. The molecule has 0 saturated heterocycles. The van der Waals surface area contributed by atoms with Gasteiger partial charge in [-0.2, -0.15) is 0 Å². The Morgan fingerprint density at radius 2 is 2.00 bits per heavy atom. The normalized spacial score (nSPS) is 21.8. The molecule has 0 N–H and O–H groups in total. The summed E-state index contributed by atoms with van der Waals surface area (Å²) in [7, 11) is 0. The van der Waals surface area contributed by atoms with Crippen LogP contribution in [-0.2, 0) is 24.7 Å². The van der Waals surface area contributed by atoms with Crippen LogP contribution in [0.15, 0.2) is 43.8 Å². The topological polar surface area (TPSA) is 0 Å². The van der Waals surface area contributed by atoms with Crippen LogP contribution in [0.2, 0.25) is 0 Å². The standard InChI is InChI=1S/C12H13.Zr/c1-9-7-8-12(10(9)2)11-5-3-4-6-11;/h3-5H,6,8H2,1-2H3;. The SMILES string of the molecule is CC1=[C]([Zr])CC(C2=CC=CC2)=C1C. The molecule has 0 radical (unpaired) electrons. The van der Waals surface area contributed by atoms with Gasteiger partial charge in [0.1, 0.15) is 0 Å². The first-order chi connectivity index (χ1) is 6.20. The third-order valence-corrected chi connectivity index (χ3v) is 4.34. The molecular weight excluding hydrogens is 235 g/mol. The van der Waals surface area contributed by atoms with E-state index in [1.54, 1.807) is 39.1 Å². The minimum absolute atomic E-state index is 1.14. The molecule has 1 heteroatoms. The Kier molecular flexibility index (Phi) is 2.56. The Morgan fingerprint density at radius 3 is 2.46 bits per heavy atom. The molecule has 2 aliphatic carbocycles. The van der Waals surface area contributed by atoms with Crippen LogP contribution < -0.4 is 0 Å². The summed E-state index contributed by atoms with van der Waals surface area (Å²) >= 11 is 1.58. The summed E-state index contributed by atoms with van der Waals surface area (Å²) in [5.41, 5.74) is 6.20. The molecule has 2 aliphatic rings. The molecule has 0 heterocycles. The Morgan fingerprint density at radius 1 is 1.23 bits per heavy atom. The van der Waals surface area contributed by atoms with Crippen molar-refractivity contribution in [2.75, 3.05) is 0 Å². The summed E-state index contributed by atoms with van der Waals surface area (Å²) in [5.74, 6) is 0. The van der Waals surface area contributed by atoms with E-state index in [1.165, 1.54) is 17.6 Å². The fraction of sp³-hybridized carbons (Fsp3) is 0.333. The molecule has 0 aromatic rings. The summed E-state index contributed by atoms with van der Waals surface area (Å²) in [6.07, 6.45) is 9.03. The van der Waals surface area contributed by atoms with Crippen LogP contribution >= 0.6 is 0 Å².